The monoisotopic (exact) mass is 268 g/mol. The molecule has 0 amide bonds. The number of nitrogens with zero attached hydrogens (tertiary/aromatic N) is 2. The van der Waals surface area contributed by atoms with Crippen LogP contribution in [0.2, 0.25) is 0 Å². The van der Waals surface area contributed by atoms with Gasteiger partial charge in [-0.05, 0) is 32.1 Å². The molecule has 0 bridgehead atoms. The van der Waals surface area contributed by atoms with Crippen molar-refractivity contribution in [2.24, 2.45) is 5.10 Å². The van der Waals surface area contributed by atoms with Crippen LogP contribution in [0.25, 0.3) is 0 Å². The predicted molar refractivity (Wildman–Crippen MR) is 78.2 cm³/mol. The first kappa shape index (κ1) is 14.7. The third-order valence-corrected chi connectivity index (χ3v) is 3.02. The molecule has 0 spiro atoms. The van der Waals surface area contributed by atoms with Crippen molar-refractivity contribution in [1.82, 2.24) is 15.3 Å². The fourth-order valence-corrected chi connectivity index (χ4v) is 1.75. The molecule has 6 heteroatoms. The first-order chi connectivity index (χ1) is 8.60. The van der Waals surface area contributed by atoms with Crippen LogP contribution >= 0.6 is 12.2 Å². The summed E-state index contributed by atoms with van der Waals surface area (Å²) < 4.78 is 7.31. The van der Waals surface area contributed by atoms with Crippen molar-refractivity contribution in [3.63, 3.8) is 0 Å². The number of rotatable bonds is 5. The van der Waals surface area contributed by atoms with E-state index in [4.69, 9.17) is 17.0 Å². The Labute approximate surface area is 113 Å². The second-order valence-electron chi connectivity index (χ2n) is 3.92. The Morgan fingerprint density at radius 3 is 2.89 bits per heavy atom. The van der Waals surface area contributed by atoms with Crippen molar-refractivity contribution in [2.75, 3.05) is 20.8 Å². The average molecular weight is 268 g/mol. The van der Waals surface area contributed by atoms with Gasteiger partial charge in [0.2, 0.25) is 0 Å². The van der Waals surface area contributed by atoms with Gasteiger partial charge in [-0.2, -0.15) is 5.10 Å². The van der Waals surface area contributed by atoms with Gasteiger partial charge in [0.15, 0.2) is 5.11 Å². The topological polar surface area (TPSA) is 50.6 Å². The number of thiocarbonyl (C=S) groups is 1. The van der Waals surface area contributed by atoms with Gasteiger partial charge in [0, 0.05) is 37.7 Å². The smallest absolute Gasteiger partial charge is 0.186 e. The molecule has 0 fully saturated rings. The maximum Gasteiger partial charge on any atom is 0.186 e. The molecule has 0 unspecified atom stereocenters. The molecule has 0 atom stereocenters. The summed E-state index contributed by atoms with van der Waals surface area (Å²) >= 11 is 4.93. The largest absolute Gasteiger partial charge is 0.383 e. The lowest BCUT2D eigenvalue weighted by molar-refractivity contribution is 0.186. The zero-order valence-corrected chi connectivity index (χ0v) is 12.1. The van der Waals surface area contributed by atoms with Crippen LogP contribution in [0.4, 0.5) is 0 Å². The van der Waals surface area contributed by atoms with Crippen LogP contribution in [0.5, 0.6) is 0 Å². The van der Waals surface area contributed by atoms with E-state index in [1.54, 1.807) is 20.4 Å². The van der Waals surface area contributed by atoms with E-state index in [-0.39, 0.29) is 0 Å². The molecule has 5 nitrogen and oxygen atoms in total. The lowest BCUT2D eigenvalue weighted by Crippen LogP contribution is -2.28. The minimum absolute atomic E-state index is 0.499. The molecule has 1 aromatic heterocycles. The Bertz CT molecular complexity index is 440. The number of nitrogens with one attached hydrogen (secondary N) is 2. The highest BCUT2D eigenvalue weighted by molar-refractivity contribution is 7.80. The molecule has 1 rings (SSSR count). The van der Waals surface area contributed by atoms with Gasteiger partial charge in [-0.3, -0.25) is 5.43 Å². The van der Waals surface area contributed by atoms with Crippen LogP contribution in [-0.4, -0.2) is 36.7 Å². The number of aryl methyl sites for hydroxylation is 1. The minimum atomic E-state index is 0.499. The van der Waals surface area contributed by atoms with E-state index in [1.165, 1.54) is 11.4 Å². The Kier molecular flexibility index (Phi) is 5.80. The summed E-state index contributed by atoms with van der Waals surface area (Å²) in [6, 6.07) is 2.10. The lowest BCUT2D eigenvalue weighted by atomic mass is 10.3. The van der Waals surface area contributed by atoms with Gasteiger partial charge in [-0.15, -0.1) is 0 Å². The van der Waals surface area contributed by atoms with Crippen molar-refractivity contribution in [3.8, 4) is 0 Å². The molecule has 2 N–H and O–H groups in total. The Morgan fingerprint density at radius 2 is 2.28 bits per heavy atom. The Morgan fingerprint density at radius 1 is 1.56 bits per heavy atom. The fraction of sp³-hybridized carbons (Fsp3) is 0.500. The second kappa shape index (κ2) is 7.13. The lowest BCUT2D eigenvalue weighted by Gasteiger charge is -2.08. The Balaban J connectivity index is 2.75. The van der Waals surface area contributed by atoms with Gasteiger partial charge in [0.05, 0.1) is 12.8 Å². The van der Waals surface area contributed by atoms with Crippen LogP contribution < -0.4 is 10.7 Å². The summed E-state index contributed by atoms with van der Waals surface area (Å²) in [7, 11) is 3.46. The SMILES string of the molecule is CNC(=S)N/N=C/c1cc(C)n(CCOC)c1C. The van der Waals surface area contributed by atoms with Crippen LogP contribution in [0.15, 0.2) is 11.2 Å². The van der Waals surface area contributed by atoms with E-state index in [0.29, 0.717) is 11.7 Å². The van der Waals surface area contributed by atoms with Gasteiger partial charge in [0.25, 0.3) is 0 Å². The number of aromatic nitrogens is 1. The summed E-state index contributed by atoms with van der Waals surface area (Å²) in [5, 5.41) is 7.38. The maximum absolute atomic E-state index is 5.10. The number of hydrogen-bond donors (Lipinski definition) is 2. The van der Waals surface area contributed by atoms with Gasteiger partial charge >= 0.3 is 0 Å². The third kappa shape index (κ3) is 3.82. The van der Waals surface area contributed by atoms with E-state index < -0.39 is 0 Å². The zero-order valence-electron chi connectivity index (χ0n) is 11.3. The summed E-state index contributed by atoms with van der Waals surface area (Å²) in [5.41, 5.74) is 6.18. The molecule has 1 aromatic rings. The van der Waals surface area contributed by atoms with Crippen LogP contribution in [0.1, 0.15) is 17.0 Å². The van der Waals surface area contributed by atoms with E-state index in [1.807, 2.05) is 0 Å². The average Bonchev–Trinajstić information content (AvgIpc) is 2.62. The van der Waals surface area contributed by atoms with E-state index in [2.05, 4.69) is 40.3 Å². The minimum Gasteiger partial charge on any atom is -0.383 e. The van der Waals surface area contributed by atoms with Crippen LogP contribution in [0.3, 0.4) is 0 Å². The number of ether oxygens (including phenoxy) is 1. The summed E-state index contributed by atoms with van der Waals surface area (Å²) in [5.74, 6) is 0. The first-order valence-electron chi connectivity index (χ1n) is 5.76. The van der Waals surface area contributed by atoms with Gasteiger partial charge in [-0.1, -0.05) is 0 Å². The molecule has 0 aromatic carbocycles. The summed E-state index contributed by atoms with van der Waals surface area (Å²) in [6.07, 6.45) is 1.77. The molecule has 100 valence electrons. The molecule has 0 radical (unpaired) electrons. The molecule has 0 aliphatic carbocycles. The van der Waals surface area contributed by atoms with Gasteiger partial charge in [0.1, 0.15) is 0 Å². The normalized spacial score (nSPS) is 10.9. The van der Waals surface area contributed by atoms with E-state index in [9.17, 15) is 0 Å². The predicted octanol–water partition coefficient (Wildman–Crippen LogP) is 1.18. The molecule has 0 aliphatic heterocycles. The maximum atomic E-state index is 5.10. The van der Waals surface area contributed by atoms with Crippen LogP contribution in [-0.2, 0) is 11.3 Å². The van der Waals surface area contributed by atoms with E-state index >= 15 is 0 Å². The molecule has 18 heavy (non-hydrogen) atoms. The quantitative estimate of drug-likeness (QED) is 0.478. The zero-order chi connectivity index (χ0) is 13.5. The highest BCUT2D eigenvalue weighted by Gasteiger charge is 2.06. The van der Waals surface area contributed by atoms with Crippen LogP contribution in [0, 0.1) is 13.8 Å². The molecular weight excluding hydrogens is 248 g/mol. The van der Waals surface area contributed by atoms with Crippen molar-refractivity contribution in [3.05, 3.63) is 23.0 Å². The molecule has 0 aliphatic rings. The van der Waals surface area contributed by atoms with E-state index in [0.717, 1.165) is 12.1 Å². The number of methoxy groups -OCH3 is 1. The molecular formula is C12H20N4OS. The molecule has 0 saturated heterocycles. The molecule has 1 heterocycles. The van der Waals surface area contributed by atoms with Gasteiger partial charge < -0.3 is 14.6 Å². The standard InChI is InChI=1S/C12H20N4OS/c1-9-7-11(8-14-15-12(18)13-3)10(2)16(9)5-6-17-4/h7-8H,5-6H2,1-4H3,(H2,13,15,18)/b14-8+. The van der Waals surface area contributed by atoms with Crippen molar-refractivity contribution >= 4 is 23.5 Å². The summed E-state index contributed by atoms with van der Waals surface area (Å²) in [4.78, 5) is 0. The van der Waals surface area contributed by atoms with Crippen molar-refractivity contribution in [2.45, 2.75) is 20.4 Å². The first-order valence-corrected chi connectivity index (χ1v) is 6.17. The fourth-order valence-electron chi connectivity index (χ4n) is 1.70. The Hall–Kier alpha value is -1.40. The van der Waals surface area contributed by atoms with Crippen molar-refractivity contribution < 1.29 is 4.74 Å². The highest BCUT2D eigenvalue weighted by atomic mass is 32.1. The summed E-state index contributed by atoms with van der Waals surface area (Å²) in [6.45, 7) is 5.70. The number of hydrogen-bond acceptors (Lipinski definition) is 3. The van der Waals surface area contributed by atoms with Crippen molar-refractivity contribution in [1.29, 1.82) is 0 Å². The molecule has 0 saturated carbocycles. The number of hydrazone groups is 1. The second-order valence-corrected chi connectivity index (χ2v) is 4.33. The van der Waals surface area contributed by atoms with Gasteiger partial charge in [-0.25, -0.2) is 0 Å². The third-order valence-electron chi connectivity index (χ3n) is 2.73. The highest BCUT2D eigenvalue weighted by Crippen LogP contribution is 2.12.